The summed E-state index contributed by atoms with van der Waals surface area (Å²) in [6, 6.07) is 14.3. The molecule has 0 bridgehead atoms. The molecule has 5 nitrogen and oxygen atoms in total. The maximum atomic E-state index is 13.0. The van der Waals surface area contributed by atoms with Gasteiger partial charge in [-0.15, -0.1) is 0 Å². The molecule has 0 saturated carbocycles. The number of nitrogens with zero attached hydrogens (tertiary/aromatic N) is 1. The Labute approximate surface area is 136 Å². The first kappa shape index (κ1) is 16.0. The van der Waals surface area contributed by atoms with E-state index in [1.54, 1.807) is 25.3 Å². The molecule has 1 aliphatic heterocycles. The molecule has 122 valence electrons. The van der Waals surface area contributed by atoms with Gasteiger partial charge in [-0.05, 0) is 36.2 Å². The molecule has 0 amide bonds. The highest BCUT2D eigenvalue weighted by Crippen LogP contribution is 2.33. The van der Waals surface area contributed by atoms with Crippen LogP contribution in [-0.2, 0) is 14.8 Å². The first-order chi connectivity index (χ1) is 11.0. The molecule has 3 rings (SSSR count). The molecule has 1 unspecified atom stereocenters. The van der Waals surface area contributed by atoms with Gasteiger partial charge in [0.25, 0.3) is 0 Å². The van der Waals surface area contributed by atoms with Crippen LogP contribution < -0.4 is 4.74 Å². The van der Waals surface area contributed by atoms with Crippen LogP contribution in [0.2, 0.25) is 0 Å². The lowest BCUT2D eigenvalue weighted by atomic mass is 10.2. The molecule has 1 heterocycles. The number of benzene rings is 2. The van der Waals surface area contributed by atoms with Gasteiger partial charge >= 0.3 is 0 Å². The summed E-state index contributed by atoms with van der Waals surface area (Å²) in [5.74, 6) is 0.668. The largest absolute Gasteiger partial charge is 0.496 e. The van der Waals surface area contributed by atoms with E-state index in [9.17, 15) is 8.42 Å². The van der Waals surface area contributed by atoms with E-state index in [1.807, 2.05) is 37.3 Å². The Morgan fingerprint density at radius 1 is 1.17 bits per heavy atom. The Balaban J connectivity index is 1.97. The van der Waals surface area contributed by atoms with Gasteiger partial charge in [-0.1, -0.05) is 30.3 Å². The van der Waals surface area contributed by atoms with E-state index in [1.165, 1.54) is 4.31 Å². The summed E-state index contributed by atoms with van der Waals surface area (Å²) in [5, 5.41) is 0. The second kappa shape index (κ2) is 6.31. The van der Waals surface area contributed by atoms with Gasteiger partial charge in [0.15, 0.2) is 0 Å². The van der Waals surface area contributed by atoms with Crippen LogP contribution in [0.1, 0.15) is 17.4 Å². The monoisotopic (exact) mass is 333 g/mol. The maximum absolute atomic E-state index is 13.0. The molecule has 1 saturated heterocycles. The van der Waals surface area contributed by atoms with Crippen molar-refractivity contribution in [2.24, 2.45) is 0 Å². The van der Waals surface area contributed by atoms with Crippen molar-refractivity contribution in [3.63, 3.8) is 0 Å². The summed E-state index contributed by atoms with van der Waals surface area (Å²) in [5.41, 5.74) is 1.61. The fourth-order valence-corrected chi connectivity index (χ4v) is 4.31. The standard InChI is InChI=1S/C17H19NO4S/c1-13-12-15(8-9-16(13)21-2)23(19,20)18-10-11-22-17(18)14-6-4-3-5-7-14/h3-9,12,17H,10-11H2,1-2H3. The first-order valence-electron chi connectivity index (χ1n) is 7.37. The molecule has 1 aliphatic rings. The zero-order chi connectivity index (χ0) is 16.4. The third-order valence-electron chi connectivity index (χ3n) is 3.91. The van der Waals surface area contributed by atoms with Gasteiger partial charge in [-0.3, -0.25) is 0 Å². The van der Waals surface area contributed by atoms with Crippen LogP contribution in [-0.4, -0.2) is 33.0 Å². The van der Waals surface area contributed by atoms with E-state index < -0.39 is 16.3 Å². The third-order valence-corrected chi connectivity index (χ3v) is 5.75. The Bertz CT molecular complexity index is 789. The molecule has 0 radical (unpaired) electrons. The quantitative estimate of drug-likeness (QED) is 0.863. The Hall–Kier alpha value is -1.89. The molecule has 1 fully saturated rings. The van der Waals surface area contributed by atoms with Gasteiger partial charge in [0.1, 0.15) is 12.0 Å². The van der Waals surface area contributed by atoms with Crippen LogP contribution in [0.4, 0.5) is 0 Å². The van der Waals surface area contributed by atoms with Crippen molar-refractivity contribution in [2.75, 3.05) is 20.3 Å². The molecule has 23 heavy (non-hydrogen) atoms. The predicted molar refractivity (Wildman–Crippen MR) is 86.8 cm³/mol. The number of sulfonamides is 1. The Morgan fingerprint density at radius 2 is 1.91 bits per heavy atom. The Kier molecular flexibility index (Phi) is 4.39. The SMILES string of the molecule is COc1ccc(S(=O)(=O)N2CCOC2c2ccccc2)cc1C. The fraction of sp³-hybridized carbons (Fsp3) is 0.294. The molecule has 6 heteroatoms. The highest BCUT2D eigenvalue weighted by atomic mass is 32.2. The van der Waals surface area contributed by atoms with E-state index in [2.05, 4.69) is 0 Å². The van der Waals surface area contributed by atoms with E-state index in [0.29, 0.717) is 18.9 Å². The second-order valence-corrected chi connectivity index (χ2v) is 7.27. The minimum Gasteiger partial charge on any atom is -0.496 e. The lowest BCUT2D eigenvalue weighted by molar-refractivity contribution is 0.0683. The molecule has 1 atom stereocenters. The summed E-state index contributed by atoms with van der Waals surface area (Å²) >= 11 is 0. The highest BCUT2D eigenvalue weighted by Gasteiger charge is 2.37. The number of aryl methyl sites for hydroxylation is 1. The molecule has 2 aromatic carbocycles. The summed E-state index contributed by atoms with van der Waals surface area (Å²) < 4.78 is 38.2. The number of methoxy groups -OCH3 is 1. The number of hydrogen-bond acceptors (Lipinski definition) is 4. The van der Waals surface area contributed by atoms with Crippen molar-refractivity contribution < 1.29 is 17.9 Å². The van der Waals surface area contributed by atoms with Crippen molar-refractivity contribution in [3.05, 3.63) is 59.7 Å². The van der Waals surface area contributed by atoms with Crippen LogP contribution >= 0.6 is 0 Å². The number of ether oxygens (including phenoxy) is 2. The fourth-order valence-electron chi connectivity index (χ4n) is 2.73. The van der Waals surface area contributed by atoms with E-state index in [-0.39, 0.29) is 4.90 Å². The lowest BCUT2D eigenvalue weighted by Crippen LogP contribution is -2.31. The molecule has 2 aromatic rings. The van der Waals surface area contributed by atoms with Crippen molar-refractivity contribution in [2.45, 2.75) is 18.0 Å². The normalized spacial score (nSPS) is 19.0. The molecule has 0 aliphatic carbocycles. The molecular weight excluding hydrogens is 314 g/mol. The van der Waals surface area contributed by atoms with Gasteiger partial charge in [-0.25, -0.2) is 8.42 Å². The summed E-state index contributed by atoms with van der Waals surface area (Å²) in [4.78, 5) is 0.252. The van der Waals surface area contributed by atoms with E-state index >= 15 is 0 Å². The van der Waals surface area contributed by atoms with Crippen LogP contribution in [0.15, 0.2) is 53.4 Å². The molecule has 0 aromatic heterocycles. The average Bonchev–Trinajstić information content (AvgIpc) is 3.06. The Morgan fingerprint density at radius 3 is 2.57 bits per heavy atom. The summed E-state index contributed by atoms with van der Waals surface area (Å²) in [6.45, 7) is 2.55. The molecular formula is C17H19NO4S. The molecule has 0 spiro atoms. The average molecular weight is 333 g/mol. The minimum absolute atomic E-state index is 0.252. The topological polar surface area (TPSA) is 55.8 Å². The summed E-state index contributed by atoms with van der Waals surface area (Å²) in [6.07, 6.45) is -0.580. The number of rotatable bonds is 4. The van der Waals surface area contributed by atoms with Gasteiger partial charge in [0, 0.05) is 6.54 Å². The van der Waals surface area contributed by atoms with Crippen LogP contribution in [0.3, 0.4) is 0 Å². The van der Waals surface area contributed by atoms with Gasteiger partial charge in [0.2, 0.25) is 10.0 Å². The predicted octanol–water partition coefficient (Wildman–Crippen LogP) is 2.72. The number of hydrogen-bond donors (Lipinski definition) is 0. The van der Waals surface area contributed by atoms with Gasteiger partial charge in [-0.2, -0.15) is 4.31 Å². The van der Waals surface area contributed by atoms with Crippen molar-refractivity contribution in [3.8, 4) is 5.75 Å². The van der Waals surface area contributed by atoms with Gasteiger partial charge in [0.05, 0.1) is 18.6 Å². The lowest BCUT2D eigenvalue weighted by Gasteiger charge is -2.23. The van der Waals surface area contributed by atoms with Crippen molar-refractivity contribution >= 4 is 10.0 Å². The molecule has 0 N–H and O–H groups in total. The summed E-state index contributed by atoms with van der Waals surface area (Å²) in [7, 11) is -2.06. The highest BCUT2D eigenvalue weighted by molar-refractivity contribution is 7.89. The van der Waals surface area contributed by atoms with Crippen LogP contribution in [0.25, 0.3) is 0 Å². The van der Waals surface area contributed by atoms with Crippen molar-refractivity contribution in [1.29, 1.82) is 0 Å². The van der Waals surface area contributed by atoms with Gasteiger partial charge < -0.3 is 9.47 Å². The smallest absolute Gasteiger partial charge is 0.245 e. The zero-order valence-electron chi connectivity index (χ0n) is 13.1. The van der Waals surface area contributed by atoms with Crippen molar-refractivity contribution in [1.82, 2.24) is 4.31 Å². The third kappa shape index (κ3) is 2.97. The van der Waals surface area contributed by atoms with Crippen LogP contribution in [0, 0.1) is 6.92 Å². The zero-order valence-corrected chi connectivity index (χ0v) is 13.9. The minimum atomic E-state index is -3.63. The maximum Gasteiger partial charge on any atom is 0.245 e. The first-order valence-corrected chi connectivity index (χ1v) is 8.81. The van der Waals surface area contributed by atoms with Crippen LogP contribution in [0.5, 0.6) is 5.75 Å². The van der Waals surface area contributed by atoms with E-state index in [4.69, 9.17) is 9.47 Å². The van der Waals surface area contributed by atoms with E-state index in [0.717, 1.165) is 11.1 Å². The second-order valence-electron chi connectivity index (χ2n) is 5.38.